The Morgan fingerprint density at radius 2 is 1.27 bits per heavy atom. The average molecular weight is 607 g/mol. The van der Waals surface area contributed by atoms with Crippen LogP contribution in [0.25, 0.3) is 0 Å². The molecule has 2 N–H and O–H groups in total. The summed E-state index contributed by atoms with van der Waals surface area (Å²) in [6, 6.07) is 14.8. The standard InChI is InChI=1S/C33H50O6S2/c1-3-5-7-9-11-16-20-31(40(35)36)28-23-24-30(39-33(34)25-22-27-18-14-13-15-19-27)29(26-28)32(41(37)38)21-17-12-10-8-6-4-2/h13-15,18-19,23-24,26,31-32H,3-12,16-17,20-22,25H2,1-2H3,(H,35,36)(H,37,38). The van der Waals surface area contributed by atoms with Gasteiger partial charge in [-0.1, -0.05) is 127 Å². The molecule has 0 saturated carbocycles. The molecule has 0 amide bonds. The number of hydrogen-bond donors (Lipinski definition) is 2. The minimum atomic E-state index is -2.19. The van der Waals surface area contributed by atoms with Crippen LogP contribution in [0, 0.1) is 0 Å². The van der Waals surface area contributed by atoms with Crippen molar-refractivity contribution < 1.29 is 27.1 Å². The number of esters is 1. The van der Waals surface area contributed by atoms with E-state index in [9.17, 15) is 22.3 Å². The molecule has 8 heteroatoms. The minimum Gasteiger partial charge on any atom is -0.426 e. The molecule has 41 heavy (non-hydrogen) atoms. The number of carbonyl (C=O) groups excluding carboxylic acids is 1. The van der Waals surface area contributed by atoms with Gasteiger partial charge >= 0.3 is 5.97 Å². The van der Waals surface area contributed by atoms with Gasteiger partial charge in [0.15, 0.2) is 22.2 Å². The van der Waals surface area contributed by atoms with Gasteiger partial charge in [-0.2, -0.15) is 0 Å². The number of unbranched alkanes of at least 4 members (excludes halogenated alkanes) is 10. The summed E-state index contributed by atoms with van der Waals surface area (Å²) in [6.45, 7) is 4.34. The lowest BCUT2D eigenvalue weighted by Crippen LogP contribution is -2.15. The highest BCUT2D eigenvalue weighted by atomic mass is 32.2. The molecule has 0 aliphatic carbocycles. The van der Waals surface area contributed by atoms with Gasteiger partial charge in [-0.3, -0.25) is 4.79 Å². The van der Waals surface area contributed by atoms with Crippen molar-refractivity contribution in [3.05, 3.63) is 65.2 Å². The smallest absolute Gasteiger partial charge is 0.311 e. The number of aryl methyl sites for hydroxylation is 1. The number of rotatable bonds is 22. The van der Waals surface area contributed by atoms with Crippen LogP contribution >= 0.6 is 0 Å². The first-order chi connectivity index (χ1) is 19.9. The third-order valence-corrected chi connectivity index (χ3v) is 9.53. The first-order valence-electron chi connectivity index (χ1n) is 15.4. The van der Waals surface area contributed by atoms with Crippen LogP contribution in [-0.2, 0) is 33.4 Å². The molecular weight excluding hydrogens is 556 g/mol. The van der Waals surface area contributed by atoms with Gasteiger partial charge in [0.05, 0.1) is 10.5 Å². The van der Waals surface area contributed by atoms with Crippen LogP contribution in [-0.4, -0.2) is 23.5 Å². The Kier molecular flexibility index (Phi) is 18.0. The van der Waals surface area contributed by atoms with Crippen molar-refractivity contribution in [1.29, 1.82) is 0 Å². The predicted molar refractivity (Wildman–Crippen MR) is 170 cm³/mol. The van der Waals surface area contributed by atoms with Crippen molar-refractivity contribution in [2.24, 2.45) is 0 Å². The van der Waals surface area contributed by atoms with E-state index in [1.54, 1.807) is 18.2 Å². The fraction of sp³-hybridized carbons (Fsp3) is 0.606. The van der Waals surface area contributed by atoms with E-state index >= 15 is 0 Å². The molecule has 0 aromatic heterocycles. The topological polar surface area (TPSA) is 101 Å². The molecule has 0 spiro atoms. The summed E-state index contributed by atoms with van der Waals surface area (Å²) in [5.41, 5.74) is 2.13. The maximum atomic E-state index is 12.8. The molecule has 0 heterocycles. The van der Waals surface area contributed by atoms with Crippen LogP contribution in [0.5, 0.6) is 5.75 Å². The van der Waals surface area contributed by atoms with E-state index in [-0.39, 0.29) is 12.2 Å². The van der Waals surface area contributed by atoms with Gasteiger partial charge in [-0.05, 0) is 42.5 Å². The average Bonchev–Trinajstić information content (AvgIpc) is 2.96. The highest BCUT2D eigenvalue weighted by Crippen LogP contribution is 2.37. The SMILES string of the molecule is CCCCCCCCC(c1ccc(OC(=O)CCc2ccccc2)c(C(CCCCCCCC)S(=O)O)c1)S(=O)O. The second-order valence-electron chi connectivity index (χ2n) is 10.9. The lowest BCUT2D eigenvalue weighted by Gasteiger charge is -2.21. The summed E-state index contributed by atoms with van der Waals surface area (Å²) >= 11 is -4.29. The van der Waals surface area contributed by atoms with E-state index in [0.29, 0.717) is 30.4 Å². The molecule has 4 atom stereocenters. The molecule has 2 rings (SSSR count). The molecule has 0 aliphatic rings. The summed E-state index contributed by atoms with van der Waals surface area (Å²) in [4.78, 5) is 12.8. The maximum Gasteiger partial charge on any atom is 0.311 e. The fourth-order valence-electron chi connectivity index (χ4n) is 5.15. The monoisotopic (exact) mass is 606 g/mol. The number of benzene rings is 2. The molecular formula is C33H50O6S2. The van der Waals surface area contributed by atoms with Gasteiger partial charge in [-0.25, -0.2) is 8.42 Å². The zero-order chi connectivity index (χ0) is 29.9. The normalized spacial score (nSPS) is 14.3. The van der Waals surface area contributed by atoms with E-state index in [0.717, 1.165) is 56.9 Å². The Bertz CT molecular complexity index is 1060. The van der Waals surface area contributed by atoms with E-state index in [1.165, 1.54) is 25.7 Å². The summed E-state index contributed by atoms with van der Waals surface area (Å²) in [6.07, 6.45) is 14.5. The third-order valence-electron chi connectivity index (χ3n) is 7.56. The number of carbonyl (C=O) groups is 1. The highest BCUT2D eigenvalue weighted by Gasteiger charge is 2.26. The van der Waals surface area contributed by atoms with E-state index in [1.807, 2.05) is 30.3 Å². The van der Waals surface area contributed by atoms with E-state index in [4.69, 9.17) is 4.74 Å². The zero-order valence-corrected chi connectivity index (χ0v) is 26.6. The van der Waals surface area contributed by atoms with Crippen molar-refractivity contribution in [3.63, 3.8) is 0 Å². The van der Waals surface area contributed by atoms with Crippen LogP contribution in [0.3, 0.4) is 0 Å². The third kappa shape index (κ3) is 13.8. The molecule has 6 nitrogen and oxygen atoms in total. The fourth-order valence-corrected chi connectivity index (χ4v) is 6.66. The lowest BCUT2D eigenvalue weighted by molar-refractivity contribution is -0.134. The first-order valence-corrected chi connectivity index (χ1v) is 17.8. The van der Waals surface area contributed by atoms with Crippen LogP contribution < -0.4 is 4.74 Å². The lowest BCUT2D eigenvalue weighted by atomic mass is 9.98. The predicted octanol–water partition coefficient (Wildman–Crippen LogP) is 9.25. The number of ether oxygens (including phenoxy) is 1. The van der Waals surface area contributed by atoms with Crippen LogP contribution in [0.2, 0.25) is 0 Å². The highest BCUT2D eigenvalue weighted by molar-refractivity contribution is 7.79. The summed E-state index contributed by atoms with van der Waals surface area (Å²) in [5.74, 6) is -0.161. The van der Waals surface area contributed by atoms with Crippen molar-refractivity contribution in [2.75, 3.05) is 0 Å². The Balaban J connectivity index is 2.24. The molecule has 2 aromatic rings. The minimum absolute atomic E-state index is 0.177. The Morgan fingerprint density at radius 1 is 0.732 bits per heavy atom. The molecule has 0 fully saturated rings. The molecule has 2 aromatic carbocycles. The summed E-state index contributed by atoms with van der Waals surface area (Å²) in [7, 11) is 0. The van der Waals surface area contributed by atoms with Crippen molar-refractivity contribution >= 4 is 28.1 Å². The molecule has 0 saturated heterocycles. The van der Waals surface area contributed by atoms with Crippen molar-refractivity contribution in [2.45, 2.75) is 127 Å². The van der Waals surface area contributed by atoms with Crippen LogP contribution in [0.15, 0.2) is 48.5 Å². The molecule has 0 radical (unpaired) electrons. The second-order valence-corrected chi connectivity index (χ2v) is 13.1. The molecule has 0 aliphatic heterocycles. The van der Waals surface area contributed by atoms with Gasteiger partial charge < -0.3 is 13.8 Å². The molecule has 4 unspecified atom stereocenters. The Morgan fingerprint density at radius 3 is 1.83 bits per heavy atom. The second kappa shape index (κ2) is 20.9. The van der Waals surface area contributed by atoms with Gasteiger partial charge in [0, 0.05) is 12.0 Å². The quantitative estimate of drug-likeness (QED) is 0.0600. The van der Waals surface area contributed by atoms with Crippen molar-refractivity contribution in [1.82, 2.24) is 0 Å². The molecule has 0 bridgehead atoms. The van der Waals surface area contributed by atoms with Gasteiger partial charge in [0.1, 0.15) is 5.75 Å². The summed E-state index contributed by atoms with van der Waals surface area (Å²) in [5, 5.41) is -1.36. The maximum absolute atomic E-state index is 12.8. The van der Waals surface area contributed by atoms with Gasteiger partial charge in [0.2, 0.25) is 0 Å². The molecule has 230 valence electrons. The van der Waals surface area contributed by atoms with Gasteiger partial charge in [-0.15, -0.1) is 0 Å². The Labute approximate surface area is 252 Å². The largest absolute Gasteiger partial charge is 0.426 e. The van der Waals surface area contributed by atoms with E-state index in [2.05, 4.69) is 13.8 Å². The Hall–Kier alpha value is -1.87. The van der Waals surface area contributed by atoms with Gasteiger partial charge in [0.25, 0.3) is 0 Å². The summed E-state index contributed by atoms with van der Waals surface area (Å²) < 4.78 is 51.2. The van der Waals surface area contributed by atoms with Crippen molar-refractivity contribution in [3.8, 4) is 5.75 Å². The first kappa shape index (κ1) is 35.3. The van der Waals surface area contributed by atoms with E-state index < -0.39 is 38.6 Å². The number of hydrogen-bond acceptors (Lipinski definition) is 4. The zero-order valence-electron chi connectivity index (χ0n) is 24.9. The van der Waals surface area contributed by atoms with Crippen LogP contribution in [0.4, 0.5) is 0 Å². The van der Waals surface area contributed by atoms with Crippen LogP contribution in [0.1, 0.15) is 137 Å².